The number of methoxy groups -OCH3 is 1. The molecule has 0 spiro atoms. The lowest BCUT2D eigenvalue weighted by Gasteiger charge is -2.03. The van der Waals surface area contributed by atoms with Gasteiger partial charge in [0.2, 0.25) is 0 Å². The number of ether oxygens (including phenoxy) is 1. The Morgan fingerprint density at radius 1 is 0.971 bits per heavy atom. The maximum absolute atomic E-state index is 13.1. The van der Waals surface area contributed by atoms with E-state index in [9.17, 15) is 14.0 Å². The van der Waals surface area contributed by atoms with E-state index in [-0.39, 0.29) is 17.3 Å². The van der Waals surface area contributed by atoms with Gasteiger partial charge in [0.15, 0.2) is 5.78 Å². The third kappa shape index (κ3) is 20.8. The smallest absolute Gasteiger partial charge is 0.305 e. The third-order valence-electron chi connectivity index (χ3n) is 4.63. The molecule has 0 saturated carbocycles. The summed E-state index contributed by atoms with van der Waals surface area (Å²) in [5.41, 5.74) is 3.66. The van der Waals surface area contributed by atoms with Crippen molar-refractivity contribution in [2.75, 3.05) is 7.11 Å². The summed E-state index contributed by atoms with van der Waals surface area (Å²) in [5, 5.41) is 0. The van der Waals surface area contributed by atoms with Gasteiger partial charge in [-0.2, -0.15) is 0 Å². The molecular formula is C30H46BrFO3. The molecule has 35 heavy (non-hydrogen) atoms. The zero-order valence-corrected chi connectivity index (χ0v) is 25.0. The fraction of sp³-hybridized carbons (Fsp3) is 0.467. The third-order valence-corrected chi connectivity index (χ3v) is 5.52. The first-order valence-corrected chi connectivity index (χ1v) is 12.9. The Bertz CT molecular complexity index is 819. The highest BCUT2D eigenvalue weighted by Crippen LogP contribution is 2.17. The average molecular weight is 554 g/mol. The minimum atomic E-state index is -0.415. The first kappa shape index (κ1) is 37.3. The van der Waals surface area contributed by atoms with E-state index in [1.807, 2.05) is 26.0 Å². The Labute approximate surface area is 222 Å². The Hall–Kier alpha value is -2.27. The van der Waals surface area contributed by atoms with Gasteiger partial charge < -0.3 is 4.74 Å². The van der Waals surface area contributed by atoms with Crippen LogP contribution in [0.1, 0.15) is 97.0 Å². The van der Waals surface area contributed by atoms with Crippen LogP contribution in [0.5, 0.6) is 0 Å². The number of ketones is 1. The highest BCUT2D eigenvalue weighted by molar-refractivity contribution is 9.12. The molecule has 0 N–H and O–H groups in total. The summed E-state index contributed by atoms with van der Waals surface area (Å²) in [7, 11) is 1.38. The SMILES string of the molecule is C/C=C\C.CCC(=O)OC.CCC(=O)c1c(C)cccc1F.CC\C=C(C)/C(Br)=C\C=C(\C)CC. The molecule has 0 aliphatic heterocycles. The lowest BCUT2D eigenvalue weighted by Crippen LogP contribution is -2.02. The molecule has 3 nitrogen and oxygen atoms in total. The molecule has 0 radical (unpaired) electrons. The minimum absolute atomic E-state index is 0.134. The fourth-order valence-corrected chi connectivity index (χ4v) is 2.47. The van der Waals surface area contributed by atoms with Crippen LogP contribution >= 0.6 is 15.9 Å². The van der Waals surface area contributed by atoms with Crippen LogP contribution in [-0.4, -0.2) is 18.9 Å². The van der Waals surface area contributed by atoms with Gasteiger partial charge in [0.25, 0.3) is 0 Å². The average Bonchev–Trinajstić information content (AvgIpc) is 2.87. The number of halogens is 2. The van der Waals surface area contributed by atoms with Crippen LogP contribution in [0.3, 0.4) is 0 Å². The normalized spacial score (nSPS) is 11.4. The van der Waals surface area contributed by atoms with E-state index in [4.69, 9.17) is 0 Å². The van der Waals surface area contributed by atoms with Gasteiger partial charge in [-0.3, -0.25) is 9.59 Å². The molecule has 1 rings (SSSR count). The molecule has 0 fully saturated rings. The topological polar surface area (TPSA) is 43.4 Å². The number of hydrogen-bond donors (Lipinski definition) is 0. The molecule has 198 valence electrons. The maximum atomic E-state index is 13.1. The molecule has 0 bridgehead atoms. The number of rotatable bonds is 7. The maximum Gasteiger partial charge on any atom is 0.305 e. The quantitative estimate of drug-likeness (QED) is 0.146. The highest BCUT2D eigenvalue weighted by atomic mass is 79.9. The number of allylic oxidation sites excluding steroid dienone is 8. The van der Waals surface area contributed by atoms with E-state index >= 15 is 0 Å². The van der Waals surface area contributed by atoms with Crippen LogP contribution in [0.15, 0.2) is 64.2 Å². The van der Waals surface area contributed by atoms with Gasteiger partial charge in [-0.15, -0.1) is 0 Å². The summed E-state index contributed by atoms with van der Waals surface area (Å²) in [6.07, 6.45) is 13.5. The Kier molecular flexibility index (Phi) is 26.5. The van der Waals surface area contributed by atoms with E-state index in [1.54, 1.807) is 32.9 Å². The molecule has 0 aliphatic carbocycles. The molecule has 0 heterocycles. The number of aryl methyl sites for hydroxylation is 1. The van der Waals surface area contributed by atoms with Crippen molar-refractivity contribution in [3.8, 4) is 0 Å². The van der Waals surface area contributed by atoms with Gasteiger partial charge >= 0.3 is 5.97 Å². The van der Waals surface area contributed by atoms with Gasteiger partial charge in [0, 0.05) is 17.3 Å². The van der Waals surface area contributed by atoms with Crippen LogP contribution in [0.2, 0.25) is 0 Å². The second kappa shape index (κ2) is 24.8. The highest BCUT2D eigenvalue weighted by Gasteiger charge is 2.11. The van der Waals surface area contributed by atoms with Crippen LogP contribution in [0.25, 0.3) is 0 Å². The first-order chi connectivity index (χ1) is 16.5. The molecule has 0 aliphatic rings. The monoisotopic (exact) mass is 552 g/mol. The van der Waals surface area contributed by atoms with Crippen molar-refractivity contribution >= 4 is 27.7 Å². The minimum Gasteiger partial charge on any atom is -0.469 e. The van der Waals surface area contributed by atoms with Gasteiger partial charge in [0.05, 0.1) is 12.7 Å². The lowest BCUT2D eigenvalue weighted by molar-refractivity contribution is -0.140. The van der Waals surface area contributed by atoms with Crippen LogP contribution < -0.4 is 0 Å². The second-order valence-corrected chi connectivity index (χ2v) is 8.34. The Morgan fingerprint density at radius 3 is 1.89 bits per heavy atom. The molecular weight excluding hydrogens is 507 g/mol. The summed E-state index contributed by atoms with van der Waals surface area (Å²) < 4.78 is 18.5. The van der Waals surface area contributed by atoms with Crippen molar-refractivity contribution in [1.29, 1.82) is 0 Å². The summed E-state index contributed by atoms with van der Waals surface area (Å²) in [4.78, 5) is 21.2. The molecule has 0 aromatic heterocycles. The molecule has 0 amide bonds. The van der Waals surface area contributed by atoms with Gasteiger partial charge in [-0.05, 0) is 70.7 Å². The number of esters is 1. The van der Waals surface area contributed by atoms with Crippen LogP contribution in [-0.2, 0) is 9.53 Å². The Balaban J connectivity index is -0.000000428. The van der Waals surface area contributed by atoms with E-state index in [1.165, 1.54) is 28.8 Å². The molecule has 5 heteroatoms. The molecule has 1 aromatic rings. The number of Topliss-reactive ketones (excluding diaryl/α,β-unsaturated/α-hetero) is 1. The lowest BCUT2D eigenvalue weighted by atomic mass is 10.0. The fourth-order valence-electron chi connectivity index (χ4n) is 2.17. The van der Waals surface area contributed by atoms with Crippen molar-refractivity contribution in [1.82, 2.24) is 0 Å². The van der Waals surface area contributed by atoms with E-state index in [2.05, 4.69) is 66.6 Å². The van der Waals surface area contributed by atoms with Gasteiger partial charge in [0.1, 0.15) is 5.82 Å². The molecule has 0 unspecified atom stereocenters. The van der Waals surface area contributed by atoms with Gasteiger partial charge in [-0.25, -0.2) is 4.39 Å². The standard InChI is InChI=1S/C12H19Br.C10H11FO.C4H8O2.C4H8/c1-5-7-11(4)12(13)9-8-10(3)6-2;1-3-9(12)10-7(2)5-4-6-8(10)11;1-3-4(5)6-2;1-3-4-2/h7-9H,5-6H2,1-4H3;4-6H,3H2,1-2H3;3H2,1-2H3;3-4H,1-2H3/b10-8-,11-7-,12-9+;;;4-3-. The first-order valence-electron chi connectivity index (χ1n) is 12.1. The van der Waals surface area contributed by atoms with Crippen molar-refractivity contribution < 1.29 is 18.7 Å². The summed E-state index contributed by atoms with van der Waals surface area (Å²) in [5.74, 6) is -0.706. The van der Waals surface area contributed by atoms with Crippen molar-refractivity contribution in [3.63, 3.8) is 0 Å². The van der Waals surface area contributed by atoms with Crippen molar-refractivity contribution in [2.24, 2.45) is 0 Å². The number of benzene rings is 1. The van der Waals surface area contributed by atoms with Crippen LogP contribution in [0.4, 0.5) is 4.39 Å². The van der Waals surface area contributed by atoms with Crippen LogP contribution in [0, 0.1) is 12.7 Å². The van der Waals surface area contributed by atoms with E-state index in [0.717, 1.165) is 12.8 Å². The zero-order valence-electron chi connectivity index (χ0n) is 23.4. The Morgan fingerprint density at radius 2 is 1.54 bits per heavy atom. The van der Waals surface area contributed by atoms with Gasteiger partial charge in [-0.1, -0.05) is 85.6 Å². The number of hydrogen-bond acceptors (Lipinski definition) is 3. The predicted molar refractivity (Wildman–Crippen MR) is 154 cm³/mol. The van der Waals surface area contributed by atoms with E-state index in [0.29, 0.717) is 18.4 Å². The molecule has 1 aromatic carbocycles. The summed E-state index contributed by atoms with van der Waals surface area (Å²) >= 11 is 3.55. The predicted octanol–water partition coefficient (Wildman–Crippen LogP) is 9.86. The number of carbonyl (C=O) groups is 2. The summed E-state index contributed by atoms with van der Waals surface area (Å²) in [6, 6.07) is 4.67. The number of carbonyl (C=O) groups excluding carboxylic acids is 2. The largest absolute Gasteiger partial charge is 0.469 e. The molecule has 0 saturated heterocycles. The van der Waals surface area contributed by atoms with Crippen molar-refractivity contribution in [2.45, 2.75) is 88.0 Å². The molecule has 0 atom stereocenters. The van der Waals surface area contributed by atoms with Crippen molar-refractivity contribution in [3.05, 3.63) is 81.2 Å². The zero-order chi connectivity index (χ0) is 27.8. The van der Waals surface area contributed by atoms with E-state index < -0.39 is 5.82 Å². The summed E-state index contributed by atoms with van der Waals surface area (Å²) in [6.45, 7) is 17.8. The second-order valence-electron chi connectivity index (χ2n) is 7.48.